The minimum atomic E-state index is -4.66. The summed E-state index contributed by atoms with van der Waals surface area (Å²) < 4.78 is 40.9. The minimum absolute atomic E-state index is 0.0418. The van der Waals surface area contributed by atoms with Crippen LogP contribution in [0.4, 0.5) is 19.1 Å². The molecule has 1 atom stereocenters. The van der Waals surface area contributed by atoms with Gasteiger partial charge in [0.25, 0.3) is 5.56 Å². The summed E-state index contributed by atoms with van der Waals surface area (Å²) in [6, 6.07) is 1.64. The number of benzene rings is 1. The van der Waals surface area contributed by atoms with Crippen LogP contribution < -0.4 is 22.3 Å². The van der Waals surface area contributed by atoms with Crippen molar-refractivity contribution in [2.45, 2.75) is 121 Å². The van der Waals surface area contributed by atoms with E-state index in [1.807, 2.05) is 41.5 Å². The summed E-state index contributed by atoms with van der Waals surface area (Å²) in [5.74, 6) is -0.418. The van der Waals surface area contributed by atoms with Crippen LogP contribution in [-0.2, 0) is 19.8 Å². The molecule has 44 heavy (non-hydrogen) atoms. The maximum atomic E-state index is 13.3. The lowest BCUT2D eigenvalue weighted by Crippen LogP contribution is -2.39. The lowest BCUT2D eigenvalue weighted by atomic mass is 9.84. The highest BCUT2D eigenvalue weighted by Gasteiger charge is 2.32. The van der Waals surface area contributed by atoms with E-state index in [-0.39, 0.29) is 40.3 Å². The van der Waals surface area contributed by atoms with Gasteiger partial charge in [0.1, 0.15) is 5.76 Å². The number of nitrogens with zero attached hydrogens (tertiary/aromatic N) is 2. The van der Waals surface area contributed by atoms with Gasteiger partial charge in [0.15, 0.2) is 0 Å². The zero-order chi connectivity index (χ0) is 35.3. The van der Waals surface area contributed by atoms with Gasteiger partial charge in [0, 0.05) is 19.2 Å². The van der Waals surface area contributed by atoms with E-state index in [2.05, 4.69) is 44.6 Å². The third kappa shape index (κ3) is 15.6. The van der Waals surface area contributed by atoms with Gasteiger partial charge in [0.05, 0.1) is 22.6 Å². The molecule has 0 radical (unpaired) electrons. The summed E-state index contributed by atoms with van der Waals surface area (Å²) in [5, 5.41) is 12.3. The van der Waals surface area contributed by atoms with Crippen LogP contribution >= 0.6 is 0 Å². The topological polar surface area (TPSA) is 119 Å². The summed E-state index contributed by atoms with van der Waals surface area (Å²) >= 11 is 0. The van der Waals surface area contributed by atoms with E-state index in [1.54, 1.807) is 19.1 Å². The maximum Gasteiger partial charge on any atom is 0.416 e. The smallest absolute Gasteiger partial charge is 0.416 e. The van der Waals surface area contributed by atoms with E-state index >= 15 is 0 Å². The van der Waals surface area contributed by atoms with Crippen molar-refractivity contribution in [2.24, 2.45) is 18.2 Å². The van der Waals surface area contributed by atoms with Gasteiger partial charge < -0.3 is 16.6 Å². The molecule has 0 fully saturated rings. The lowest BCUT2D eigenvalue weighted by molar-refractivity contribution is -0.137. The molecule has 0 aliphatic rings. The van der Waals surface area contributed by atoms with E-state index < -0.39 is 23.5 Å². The van der Waals surface area contributed by atoms with Crippen LogP contribution in [-0.4, -0.2) is 20.8 Å². The molecule has 2 aromatic rings. The second-order valence-corrected chi connectivity index (χ2v) is 9.98. The van der Waals surface area contributed by atoms with Gasteiger partial charge >= 0.3 is 6.18 Å². The number of rotatable bonds is 10. The molecule has 0 bridgehead atoms. The number of anilines is 1. The Hall–Kier alpha value is -3.11. The number of hydrogen-bond acceptors (Lipinski definition) is 6. The molecule has 1 unspecified atom stereocenters. The van der Waals surface area contributed by atoms with Gasteiger partial charge in [0.2, 0.25) is 5.95 Å². The van der Waals surface area contributed by atoms with E-state index in [9.17, 15) is 23.1 Å². The number of alkyl halides is 3. The predicted molar refractivity (Wildman–Crippen MR) is 184 cm³/mol. The number of allylic oxidation sites excluding steroid dienone is 3. The number of aliphatic hydroxyl groups excluding tert-OH is 1. The van der Waals surface area contributed by atoms with Crippen LogP contribution in [0.1, 0.15) is 113 Å². The van der Waals surface area contributed by atoms with E-state index in [4.69, 9.17) is 11.5 Å². The highest BCUT2D eigenvalue weighted by molar-refractivity contribution is 5.83. The Morgan fingerprint density at radius 1 is 1.09 bits per heavy atom. The second kappa shape index (κ2) is 23.3. The van der Waals surface area contributed by atoms with Gasteiger partial charge in [-0.2, -0.15) is 13.2 Å². The highest BCUT2D eigenvalue weighted by Crippen LogP contribution is 2.32. The van der Waals surface area contributed by atoms with Gasteiger partial charge in [-0.15, -0.1) is 0 Å². The van der Waals surface area contributed by atoms with Crippen LogP contribution in [0.2, 0.25) is 0 Å². The standard InChI is InChI=1S/C19H22F3N5O2.C9H20.3C2H6/c1-4-5-6-13(10(2)28)16(23)25-9-11-7-12(19(20,21)22)8-14-15(11)26-18(24)27(3)17(14)29;1-5-7-9(3,4)8-6-2;3*1-2/h4-8,16,25,28H,2,9,23H2,1,3H3,(H2,24,26);5-8H2,1-4H3;3*1-2H3/b5-4-,13-6-;;;;. The Morgan fingerprint density at radius 2 is 1.59 bits per heavy atom. The summed E-state index contributed by atoms with van der Waals surface area (Å²) in [6.07, 6.45) is 4.67. The van der Waals surface area contributed by atoms with Crippen molar-refractivity contribution >= 4 is 16.9 Å². The first-order valence-electron chi connectivity index (χ1n) is 15.7. The quantitative estimate of drug-likeness (QED) is 0.118. The molecular weight excluding hydrogens is 567 g/mol. The van der Waals surface area contributed by atoms with Crippen molar-refractivity contribution < 1.29 is 18.3 Å². The molecule has 0 amide bonds. The van der Waals surface area contributed by atoms with Gasteiger partial charge in [-0.25, -0.2) is 4.98 Å². The molecule has 1 aromatic heterocycles. The average Bonchev–Trinajstić information content (AvgIpc) is 2.97. The Kier molecular flexibility index (Phi) is 24.0. The van der Waals surface area contributed by atoms with Crippen LogP contribution in [0.25, 0.3) is 10.9 Å². The highest BCUT2D eigenvalue weighted by atomic mass is 19.4. The molecule has 6 N–H and O–H groups in total. The SMILES string of the molecule is C=C(O)/C(=C/C=C\C)C(N)NCc1cc(C(F)(F)F)cc2c(=O)n(C)c(N)nc12.CC.CC.CC.CCCC(C)(C)CCC. The average molecular weight is 628 g/mol. The molecule has 254 valence electrons. The summed E-state index contributed by atoms with van der Waals surface area (Å²) in [4.78, 5) is 16.5. The lowest BCUT2D eigenvalue weighted by Gasteiger charge is -2.22. The number of aliphatic hydroxyl groups is 1. The van der Waals surface area contributed by atoms with Crippen molar-refractivity contribution in [1.82, 2.24) is 14.9 Å². The Balaban J connectivity index is -0.000000943. The molecule has 7 nitrogen and oxygen atoms in total. The van der Waals surface area contributed by atoms with Crippen molar-refractivity contribution in [2.75, 3.05) is 5.73 Å². The minimum Gasteiger partial charge on any atom is -0.508 e. The first-order chi connectivity index (χ1) is 20.6. The fourth-order valence-electron chi connectivity index (χ4n) is 4.15. The van der Waals surface area contributed by atoms with Gasteiger partial charge in [-0.05, 0) is 42.9 Å². The summed E-state index contributed by atoms with van der Waals surface area (Å²) in [7, 11) is 1.32. The van der Waals surface area contributed by atoms with Crippen LogP contribution in [0.5, 0.6) is 0 Å². The zero-order valence-electron chi connectivity index (χ0n) is 29.2. The molecule has 0 aliphatic heterocycles. The fourth-order valence-corrected chi connectivity index (χ4v) is 4.15. The second-order valence-electron chi connectivity index (χ2n) is 9.98. The van der Waals surface area contributed by atoms with E-state index in [0.717, 1.165) is 16.7 Å². The Labute approximate surface area is 264 Å². The monoisotopic (exact) mass is 627 g/mol. The molecule has 2 rings (SSSR count). The third-order valence-corrected chi connectivity index (χ3v) is 6.12. The molecule has 0 saturated carbocycles. The van der Waals surface area contributed by atoms with Crippen LogP contribution in [0.15, 0.2) is 53.1 Å². The van der Waals surface area contributed by atoms with Crippen LogP contribution in [0.3, 0.4) is 0 Å². The maximum absolute atomic E-state index is 13.3. The van der Waals surface area contributed by atoms with Crippen molar-refractivity contribution in [3.63, 3.8) is 0 Å². The van der Waals surface area contributed by atoms with Gasteiger partial charge in [-0.3, -0.25) is 14.7 Å². The van der Waals surface area contributed by atoms with Crippen molar-refractivity contribution in [3.8, 4) is 0 Å². The third-order valence-electron chi connectivity index (χ3n) is 6.12. The van der Waals surface area contributed by atoms with E-state index in [1.165, 1.54) is 38.8 Å². The number of aromatic nitrogens is 2. The number of hydrogen-bond donors (Lipinski definition) is 4. The summed E-state index contributed by atoms with van der Waals surface area (Å²) in [6.45, 7) is 26.3. The first-order valence-corrected chi connectivity index (χ1v) is 15.7. The number of nitrogen functional groups attached to an aromatic ring is 1. The molecule has 0 aliphatic carbocycles. The van der Waals surface area contributed by atoms with Crippen molar-refractivity contribution in [1.29, 1.82) is 0 Å². The zero-order valence-corrected chi connectivity index (χ0v) is 29.2. The molecule has 1 heterocycles. The Bertz CT molecular complexity index is 1210. The summed E-state index contributed by atoms with van der Waals surface area (Å²) in [5.41, 5.74) is 11.0. The molecule has 0 saturated heterocycles. The first kappa shape index (κ1) is 45.3. The largest absolute Gasteiger partial charge is 0.508 e. The fraction of sp³-hybridized carbons (Fsp3) is 0.588. The number of fused-ring (bicyclic) bond motifs is 1. The number of halogens is 3. The molecule has 0 spiro atoms. The van der Waals surface area contributed by atoms with Gasteiger partial charge in [-0.1, -0.05) is 107 Å². The molecular formula is C34H60F3N5O2. The molecule has 10 heteroatoms. The Morgan fingerprint density at radius 3 is 2.00 bits per heavy atom. The predicted octanol–water partition coefficient (Wildman–Crippen LogP) is 9.17. The number of nitrogens with two attached hydrogens (primary N) is 2. The molecule has 1 aromatic carbocycles. The normalized spacial score (nSPS) is 12.0. The van der Waals surface area contributed by atoms with Crippen LogP contribution in [0, 0.1) is 5.41 Å². The number of nitrogens with one attached hydrogen (secondary N) is 1. The van der Waals surface area contributed by atoms with E-state index in [0.29, 0.717) is 5.41 Å². The van der Waals surface area contributed by atoms with Crippen molar-refractivity contribution in [3.05, 3.63) is 69.8 Å².